The topological polar surface area (TPSA) is 96.0 Å². The van der Waals surface area contributed by atoms with Gasteiger partial charge >= 0.3 is 0 Å². The average Bonchev–Trinajstić information content (AvgIpc) is 2.38. The van der Waals surface area contributed by atoms with E-state index in [4.69, 9.17) is 11.0 Å². The molecule has 2 aromatic carbocycles. The molecule has 0 radical (unpaired) electrons. The van der Waals surface area contributed by atoms with E-state index in [1.54, 1.807) is 48.5 Å². The highest BCUT2D eigenvalue weighted by atomic mass is 32.2. The molecule has 0 heterocycles. The average molecular weight is 287 g/mol. The summed E-state index contributed by atoms with van der Waals surface area (Å²) < 4.78 is 26.5. The molecule has 2 aromatic rings. The predicted molar refractivity (Wildman–Crippen MR) is 78.3 cm³/mol. The maximum Gasteiger partial charge on any atom is 0.236 e. The van der Waals surface area contributed by atoms with Crippen molar-refractivity contribution in [2.45, 2.75) is 5.75 Å². The van der Waals surface area contributed by atoms with Gasteiger partial charge in [0.25, 0.3) is 0 Å². The largest absolute Gasteiger partial charge is 0.399 e. The van der Waals surface area contributed by atoms with E-state index in [9.17, 15) is 8.42 Å². The molecule has 0 aromatic heterocycles. The Balaban J connectivity index is 2.13. The summed E-state index contributed by atoms with van der Waals surface area (Å²) in [6.07, 6.45) is 0. The summed E-state index contributed by atoms with van der Waals surface area (Å²) in [7, 11) is -3.51. The number of anilines is 2. The molecule has 2 rings (SSSR count). The fourth-order valence-corrected chi connectivity index (χ4v) is 2.92. The lowest BCUT2D eigenvalue weighted by Crippen LogP contribution is -2.15. The third-order valence-corrected chi connectivity index (χ3v) is 3.86. The molecule has 0 aliphatic rings. The van der Waals surface area contributed by atoms with Crippen molar-refractivity contribution in [2.75, 3.05) is 10.5 Å². The molecule has 102 valence electrons. The van der Waals surface area contributed by atoms with Crippen LogP contribution in [0.3, 0.4) is 0 Å². The molecule has 0 atom stereocenters. The quantitative estimate of drug-likeness (QED) is 0.841. The molecule has 3 N–H and O–H groups in total. The molecule has 0 saturated heterocycles. The molecule has 0 spiro atoms. The van der Waals surface area contributed by atoms with E-state index in [1.165, 1.54) is 0 Å². The summed E-state index contributed by atoms with van der Waals surface area (Å²) in [5, 5.41) is 8.68. The van der Waals surface area contributed by atoms with Crippen molar-refractivity contribution in [3.8, 4) is 6.07 Å². The van der Waals surface area contributed by atoms with Crippen molar-refractivity contribution < 1.29 is 8.42 Å². The molecule has 0 fully saturated rings. The fraction of sp³-hybridized carbons (Fsp3) is 0.0714. The van der Waals surface area contributed by atoms with Gasteiger partial charge in [-0.2, -0.15) is 5.26 Å². The van der Waals surface area contributed by atoms with Crippen LogP contribution in [0.15, 0.2) is 48.5 Å². The molecular weight excluding hydrogens is 274 g/mol. The Morgan fingerprint density at radius 3 is 2.45 bits per heavy atom. The number of sulfonamides is 1. The number of nitrogens with one attached hydrogen (secondary N) is 1. The standard InChI is InChI=1S/C14H13N3O2S/c15-9-11-4-6-14(7-5-11)17-20(18,19)10-12-2-1-3-13(16)8-12/h1-8,17H,10,16H2. The first-order chi connectivity index (χ1) is 9.48. The Morgan fingerprint density at radius 2 is 1.85 bits per heavy atom. The Morgan fingerprint density at radius 1 is 1.15 bits per heavy atom. The Labute approximate surface area is 117 Å². The van der Waals surface area contributed by atoms with Crippen molar-refractivity contribution in [1.29, 1.82) is 5.26 Å². The van der Waals surface area contributed by atoms with E-state index in [0.717, 1.165) is 0 Å². The number of nitriles is 1. The number of nitrogens with two attached hydrogens (primary N) is 1. The predicted octanol–water partition coefficient (Wildman–Crippen LogP) is 2.08. The van der Waals surface area contributed by atoms with Crippen LogP contribution < -0.4 is 10.5 Å². The summed E-state index contributed by atoms with van der Waals surface area (Å²) in [6, 6.07) is 14.9. The maximum absolute atomic E-state index is 12.0. The fourth-order valence-electron chi connectivity index (χ4n) is 1.73. The third kappa shape index (κ3) is 3.73. The van der Waals surface area contributed by atoms with E-state index in [0.29, 0.717) is 22.5 Å². The SMILES string of the molecule is N#Cc1ccc(NS(=O)(=O)Cc2cccc(N)c2)cc1. The Kier molecular flexibility index (Phi) is 3.91. The van der Waals surface area contributed by atoms with Gasteiger partial charge in [0, 0.05) is 11.4 Å². The lowest BCUT2D eigenvalue weighted by molar-refractivity contribution is 0.600. The van der Waals surface area contributed by atoms with Gasteiger partial charge in [0.05, 0.1) is 17.4 Å². The highest BCUT2D eigenvalue weighted by Crippen LogP contribution is 2.15. The first kappa shape index (κ1) is 13.9. The van der Waals surface area contributed by atoms with Gasteiger partial charge in [-0.25, -0.2) is 8.42 Å². The molecule has 20 heavy (non-hydrogen) atoms. The second kappa shape index (κ2) is 5.63. The lowest BCUT2D eigenvalue weighted by atomic mass is 10.2. The maximum atomic E-state index is 12.0. The van der Waals surface area contributed by atoms with Gasteiger partial charge in [-0.05, 0) is 42.0 Å². The molecule has 0 amide bonds. The molecular formula is C14H13N3O2S. The van der Waals surface area contributed by atoms with Gasteiger partial charge in [-0.3, -0.25) is 4.72 Å². The molecule has 5 nitrogen and oxygen atoms in total. The van der Waals surface area contributed by atoms with Crippen LogP contribution in [0.1, 0.15) is 11.1 Å². The van der Waals surface area contributed by atoms with Crippen LogP contribution in [0.4, 0.5) is 11.4 Å². The van der Waals surface area contributed by atoms with Crippen molar-refractivity contribution in [2.24, 2.45) is 0 Å². The Bertz CT molecular complexity index is 747. The van der Waals surface area contributed by atoms with E-state index in [1.807, 2.05) is 6.07 Å². The third-order valence-electron chi connectivity index (χ3n) is 2.60. The highest BCUT2D eigenvalue weighted by Gasteiger charge is 2.11. The van der Waals surface area contributed by atoms with Crippen molar-refractivity contribution >= 4 is 21.4 Å². The number of benzene rings is 2. The van der Waals surface area contributed by atoms with Crippen molar-refractivity contribution in [3.05, 3.63) is 59.7 Å². The smallest absolute Gasteiger partial charge is 0.236 e. The summed E-state index contributed by atoms with van der Waals surface area (Å²) in [5.41, 5.74) is 7.66. The Hall–Kier alpha value is -2.52. The van der Waals surface area contributed by atoms with Crippen LogP contribution in [-0.2, 0) is 15.8 Å². The number of rotatable bonds is 4. The van der Waals surface area contributed by atoms with Crippen LogP contribution in [0, 0.1) is 11.3 Å². The first-order valence-electron chi connectivity index (χ1n) is 5.83. The van der Waals surface area contributed by atoms with E-state index < -0.39 is 10.0 Å². The molecule has 0 aliphatic heterocycles. The van der Waals surface area contributed by atoms with E-state index >= 15 is 0 Å². The molecule has 0 aliphatic carbocycles. The van der Waals surface area contributed by atoms with E-state index in [2.05, 4.69) is 4.72 Å². The highest BCUT2D eigenvalue weighted by molar-refractivity contribution is 7.91. The number of hydrogen-bond donors (Lipinski definition) is 2. The van der Waals surface area contributed by atoms with Crippen LogP contribution in [-0.4, -0.2) is 8.42 Å². The van der Waals surface area contributed by atoms with Gasteiger partial charge in [-0.15, -0.1) is 0 Å². The van der Waals surface area contributed by atoms with E-state index in [-0.39, 0.29) is 5.75 Å². The summed E-state index contributed by atoms with van der Waals surface area (Å²) >= 11 is 0. The van der Waals surface area contributed by atoms with Crippen LogP contribution in [0.5, 0.6) is 0 Å². The van der Waals surface area contributed by atoms with Crippen LogP contribution in [0.2, 0.25) is 0 Å². The number of nitrogens with zero attached hydrogens (tertiary/aromatic N) is 1. The number of nitrogen functional groups attached to an aromatic ring is 1. The summed E-state index contributed by atoms with van der Waals surface area (Å²) in [6.45, 7) is 0. The molecule has 0 bridgehead atoms. The van der Waals surface area contributed by atoms with Gasteiger partial charge in [0.1, 0.15) is 0 Å². The van der Waals surface area contributed by atoms with Gasteiger partial charge in [0.2, 0.25) is 10.0 Å². The first-order valence-corrected chi connectivity index (χ1v) is 7.49. The van der Waals surface area contributed by atoms with Crippen molar-refractivity contribution in [1.82, 2.24) is 0 Å². The van der Waals surface area contributed by atoms with Crippen LogP contribution in [0.25, 0.3) is 0 Å². The minimum atomic E-state index is -3.51. The zero-order valence-electron chi connectivity index (χ0n) is 10.6. The zero-order chi connectivity index (χ0) is 14.6. The zero-order valence-corrected chi connectivity index (χ0v) is 11.4. The van der Waals surface area contributed by atoms with Gasteiger partial charge in [0.15, 0.2) is 0 Å². The molecule has 6 heteroatoms. The second-order valence-electron chi connectivity index (χ2n) is 4.30. The second-order valence-corrected chi connectivity index (χ2v) is 6.02. The monoisotopic (exact) mass is 287 g/mol. The summed E-state index contributed by atoms with van der Waals surface area (Å²) in [4.78, 5) is 0. The van der Waals surface area contributed by atoms with Crippen LogP contribution >= 0.6 is 0 Å². The normalized spacial score (nSPS) is 10.8. The minimum absolute atomic E-state index is 0.155. The minimum Gasteiger partial charge on any atom is -0.399 e. The summed E-state index contributed by atoms with van der Waals surface area (Å²) in [5.74, 6) is -0.155. The van der Waals surface area contributed by atoms with Crippen molar-refractivity contribution in [3.63, 3.8) is 0 Å². The molecule has 0 unspecified atom stereocenters. The lowest BCUT2D eigenvalue weighted by Gasteiger charge is -2.08. The van der Waals surface area contributed by atoms with Gasteiger partial charge in [-0.1, -0.05) is 12.1 Å². The molecule has 0 saturated carbocycles. The van der Waals surface area contributed by atoms with Gasteiger partial charge < -0.3 is 5.73 Å². The number of hydrogen-bond acceptors (Lipinski definition) is 4.